The van der Waals surface area contributed by atoms with E-state index < -0.39 is 10.0 Å². The Bertz CT molecular complexity index is 1220. The summed E-state index contributed by atoms with van der Waals surface area (Å²) in [6.45, 7) is 2.40. The zero-order valence-corrected chi connectivity index (χ0v) is 19.2. The summed E-state index contributed by atoms with van der Waals surface area (Å²) >= 11 is 1.29. The number of benzene rings is 2. The van der Waals surface area contributed by atoms with Gasteiger partial charge in [0.1, 0.15) is 29.4 Å². The van der Waals surface area contributed by atoms with Crippen LogP contribution in [-0.4, -0.2) is 56.2 Å². The van der Waals surface area contributed by atoms with Gasteiger partial charge in [0.25, 0.3) is 5.19 Å². The third kappa shape index (κ3) is 4.59. The van der Waals surface area contributed by atoms with Crippen molar-refractivity contribution in [1.29, 1.82) is 0 Å². The molecule has 1 aromatic heterocycles. The first kappa shape index (κ1) is 21.6. The summed E-state index contributed by atoms with van der Waals surface area (Å²) < 4.78 is 51.5. The van der Waals surface area contributed by atoms with Crippen LogP contribution in [0.4, 0.5) is 4.39 Å². The molecule has 7 nitrogen and oxygen atoms in total. The number of fused-ring (bicyclic) bond motifs is 2. The zero-order chi connectivity index (χ0) is 22.3. The molecule has 2 fully saturated rings. The van der Waals surface area contributed by atoms with Gasteiger partial charge in [-0.05, 0) is 54.7 Å². The Morgan fingerprint density at radius 2 is 2.00 bits per heavy atom. The lowest BCUT2D eigenvalue weighted by Crippen LogP contribution is -2.44. The Labute approximate surface area is 190 Å². The summed E-state index contributed by atoms with van der Waals surface area (Å²) in [4.78, 5) is 4.20. The van der Waals surface area contributed by atoms with Crippen molar-refractivity contribution in [2.45, 2.75) is 12.5 Å². The van der Waals surface area contributed by atoms with Crippen LogP contribution < -0.4 is 14.8 Å². The van der Waals surface area contributed by atoms with Crippen molar-refractivity contribution in [2.75, 3.05) is 32.5 Å². The van der Waals surface area contributed by atoms with E-state index in [-0.39, 0.29) is 11.9 Å². The van der Waals surface area contributed by atoms with Crippen LogP contribution in [-0.2, 0) is 10.0 Å². The van der Waals surface area contributed by atoms with E-state index in [0.717, 1.165) is 11.1 Å². The highest BCUT2D eigenvalue weighted by Crippen LogP contribution is 2.50. The molecule has 1 saturated carbocycles. The fourth-order valence-corrected chi connectivity index (χ4v) is 6.34. The second-order valence-electron chi connectivity index (χ2n) is 8.25. The van der Waals surface area contributed by atoms with Gasteiger partial charge in [0, 0.05) is 25.7 Å². The van der Waals surface area contributed by atoms with Crippen LogP contribution in [0.3, 0.4) is 0 Å². The van der Waals surface area contributed by atoms with Crippen molar-refractivity contribution in [3.63, 3.8) is 0 Å². The highest BCUT2D eigenvalue weighted by molar-refractivity contribution is 7.88. The molecule has 0 radical (unpaired) electrons. The van der Waals surface area contributed by atoms with Crippen molar-refractivity contribution >= 4 is 31.6 Å². The van der Waals surface area contributed by atoms with Crippen molar-refractivity contribution in [3.8, 4) is 16.7 Å². The highest BCUT2D eigenvalue weighted by Gasteiger charge is 2.54. The SMILES string of the molecule is CS(=O)(=O)N1CC2CC2C1CNCCOc1ccc(Oc2nc3c(F)cccc3s2)cc1. The first-order valence-electron chi connectivity index (χ1n) is 10.5. The maximum absolute atomic E-state index is 13.8. The molecule has 3 atom stereocenters. The summed E-state index contributed by atoms with van der Waals surface area (Å²) in [5.74, 6) is 1.97. The summed E-state index contributed by atoms with van der Waals surface area (Å²) in [5.41, 5.74) is 0.314. The number of para-hydroxylation sites is 1. The predicted octanol–water partition coefficient (Wildman–Crippen LogP) is 3.48. The van der Waals surface area contributed by atoms with Crippen LogP contribution in [0.5, 0.6) is 16.7 Å². The lowest BCUT2D eigenvalue weighted by molar-refractivity contribution is 0.294. The third-order valence-electron chi connectivity index (χ3n) is 5.96. The molecule has 5 rings (SSSR count). The lowest BCUT2D eigenvalue weighted by Gasteiger charge is -2.25. The molecule has 3 unspecified atom stereocenters. The number of thiazole rings is 1. The number of piperidine rings is 1. The lowest BCUT2D eigenvalue weighted by atomic mass is 10.2. The molecule has 1 N–H and O–H groups in total. The Kier molecular flexibility index (Phi) is 5.79. The van der Waals surface area contributed by atoms with E-state index in [2.05, 4.69) is 10.3 Å². The topological polar surface area (TPSA) is 80.8 Å². The first-order valence-corrected chi connectivity index (χ1v) is 13.2. The van der Waals surface area contributed by atoms with E-state index in [4.69, 9.17) is 9.47 Å². The quantitative estimate of drug-likeness (QED) is 0.476. The van der Waals surface area contributed by atoms with Gasteiger partial charge in [-0.3, -0.25) is 0 Å². The van der Waals surface area contributed by atoms with Gasteiger partial charge in [0.05, 0.1) is 11.0 Å². The average Bonchev–Trinajstić information content (AvgIpc) is 3.23. The van der Waals surface area contributed by atoms with Gasteiger partial charge in [-0.2, -0.15) is 9.29 Å². The maximum atomic E-state index is 13.8. The molecule has 0 amide bonds. The summed E-state index contributed by atoms with van der Waals surface area (Å²) in [6, 6.07) is 12.1. The van der Waals surface area contributed by atoms with E-state index in [0.29, 0.717) is 60.3 Å². The number of aromatic nitrogens is 1. The van der Waals surface area contributed by atoms with E-state index in [1.54, 1.807) is 34.6 Å². The van der Waals surface area contributed by atoms with Crippen molar-refractivity contribution in [3.05, 3.63) is 48.3 Å². The molecular formula is C22H24FN3O4S2. The number of rotatable bonds is 9. The summed E-state index contributed by atoms with van der Waals surface area (Å²) in [7, 11) is -3.15. The fraction of sp³-hybridized carbons (Fsp3) is 0.409. The minimum absolute atomic E-state index is 0.0578. The molecular weight excluding hydrogens is 453 g/mol. The second-order valence-corrected chi connectivity index (χ2v) is 11.2. The molecule has 1 aliphatic carbocycles. The van der Waals surface area contributed by atoms with E-state index in [9.17, 15) is 12.8 Å². The smallest absolute Gasteiger partial charge is 0.279 e. The molecule has 10 heteroatoms. The van der Waals surface area contributed by atoms with E-state index in [1.807, 2.05) is 6.07 Å². The molecule has 0 bridgehead atoms. The Hall–Kier alpha value is -2.27. The average molecular weight is 478 g/mol. The molecule has 2 heterocycles. The second kappa shape index (κ2) is 8.58. The number of ether oxygens (including phenoxy) is 2. The van der Waals surface area contributed by atoms with Crippen LogP contribution in [0.2, 0.25) is 0 Å². The van der Waals surface area contributed by atoms with Crippen LogP contribution in [0.15, 0.2) is 42.5 Å². The minimum Gasteiger partial charge on any atom is -0.492 e. The fourth-order valence-electron chi connectivity index (χ4n) is 4.30. The van der Waals surface area contributed by atoms with Gasteiger partial charge >= 0.3 is 0 Å². The number of sulfonamides is 1. The van der Waals surface area contributed by atoms with Crippen LogP contribution in [0, 0.1) is 17.7 Å². The standard InChI is InChI=1S/C22H24FN3O4S2/c1-32(27,28)26-13-14-11-17(14)19(26)12-24-9-10-29-15-5-7-16(8-6-15)30-22-25-21-18(23)3-2-4-20(21)31-22/h2-8,14,17,19,24H,9-13H2,1H3. The van der Waals surface area contributed by atoms with Crippen molar-refractivity contribution in [1.82, 2.24) is 14.6 Å². The van der Waals surface area contributed by atoms with Crippen molar-refractivity contribution < 1.29 is 22.3 Å². The van der Waals surface area contributed by atoms with Crippen LogP contribution in [0.25, 0.3) is 10.2 Å². The molecule has 2 aliphatic rings. The monoisotopic (exact) mass is 477 g/mol. The molecule has 170 valence electrons. The molecule has 1 aliphatic heterocycles. The number of nitrogens with zero attached hydrogens (tertiary/aromatic N) is 2. The van der Waals surface area contributed by atoms with E-state index >= 15 is 0 Å². The molecule has 2 aromatic carbocycles. The van der Waals surface area contributed by atoms with Gasteiger partial charge in [0.15, 0.2) is 0 Å². The predicted molar refractivity (Wildman–Crippen MR) is 121 cm³/mol. The molecule has 1 saturated heterocycles. The van der Waals surface area contributed by atoms with Gasteiger partial charge < -0.3 is 14.8 Å². The Morgan fingerprint density at radius 3 is 2.75 bits per heavy atom. The largest absolute Gasteiger partial charge is 0.492 e. The van der Waals surface area contributed by atoms with Gasteiger partial charge in [-0.15, -0.1) is 0 Å². The Balaban J connectivity index is 1.08. The molecule has 32 heavy (non-hydrogen) atoms. The van der Waals surface area contributed by atoms with Gasteiger partial charge in [0.2, 0.25) is 10.0 Å². The molecule has 0 spiro atoms. The molecule has 3 aromatic rings. The Morgan fingerprint density at radius 1 is 1.22 bits per heavy atom. The van der Waals surface area contributed by atoms with Crippen LogP contribution >= 0.6 is 11.3 Å². The highest BCUT2D eigenvalue weighted by atomic mass is 32.2. The maximum Gasteiger partial charge on any atom is 0.279 e. The summed E-state index contributed by atoms with van der Waals surface area (Å²) in [6.07, 6.45) is 2.42. The number of nitrogens with one attached hydrogen (secondary N) is 1. The van der Waals surface area contributed by atoms with Gasteiger partial charge in [-0.1, -0.05) is 17.4 Å². The van der Waals surface area contributed by atoms with E-state index in [1.165, 1.54) is 23.7 Å². The summed E-state index contributed by atoms with van der Waals surface area (Å²) in [5, 5.41) is 3.71. The minimum atomic E-state index is -3.15. The third-order valence-corrected chi connectivity index (χ3v) is 8.13. The number of halogens is 1. The first-order chi connectivity index (χ1) is 15.4. The van der Waals surface area contributed by atoms with Crippen molar-refractivity contribution in [2.24, 2.45) is 11.8 Å². The number of hydrogen-bond donors (Lipinski definition) is 1. The van der Waals surface area contributed by atoms with Gasteiger partial charge in [-0.25, -0.2) is 12.8 Å². The number of hydrogen-bond acceptors (Lipinski definition) is 7. The zero-order valence-electron chi connectivity index (χ0n) is 17.5. The normalized spacial score (nSPS) is 22.8. The van der Waals surface area contributed by atoms with Crippen LogP contribution in [0.1, 0.15) is 6.42 Å².